The maximum absolute atomic E-state index is 6.46. The molecule has 2 unspecified atom stereocenters. The van der Waals surface area contributed by atoms with Crippen molar-refractivity contribution in [3.8, 4) is 0 Å². The van der Waals surface area contributed by atoms with Gasteiger partial charge < -0.3 is 4.74 Å². The van der Waals surface area contributed by atoms with E-state index in [1.807, 2.05) is 0 Å². The Labute approximate surface area is 99.1 Å². The highest BCUT2D eigenvalue weighted by molar-refractivity contribution is 4.92. The van der Waals surface area contributed by atoms with E-state index in [0.29, 0.717) is 6.10 Å². The number of hydrogen-bond donors (Lipinski definition) is 1. The third kappa shape index (κ3) is 2.14. The van der Waals surface area contributed by atoms with Gasteiger partial charge in [-0.1, -0.05) is 25.7 Å². The van der Waals surface area contributed by atoms with Crippen LogP contribution < -0.4 is 5.32 Å². The molecule has 0 radical (unpaired) electrons. The zero-order valence-corrected chi connectivity index (χ0v) is 10.3. The lowest BCUT2D eigenvalue weighted by atomic mass is 9.90. The predicted molar refractivity (Wildman–Crippen MR) is 65.3 cm³/mol. The Kier molecular flexibility index (Phi) is 3.21. The molecule has 1 saturated heterocycles. The summed E-state index contributed by atoms with van der Waals surface area (Å²) in [6.45, 7) is 1.21. The van der Waals surface area contributed by atoms with E-state index in [1.165, 1.54) is 70.8 Å². The quantitative estimate of drug-likeness (QED) is 0.681. The normalized spacial score (nSPS) is 39.0. The van der Waals surface area contributed by atoms with Crippen molar-refractivity contribution in [1.82, 2.24) is 5.32 Å². The van der Waals surface area contributed by atoms with Crippen LogP contribution >= 0.6 is 0 Å². The first kappa shape index (κ1) is 11.0. The molecule has 2 atom stereocenters. The Morgan fingerprint density at radius 2 is 1.62 bits per heavy atom. The minimum Gasteiger partial charge on any atom is -0.357 e. The molecule has 2 saturated carbocycles. The molecule has 3 rings (SSSR count). The molecule has 1 spiro atoms. The van der Waals surface area contributed by atoms with Crippen LogP contribution in [0.4, 0.5) is 0 Å². The highest BCUT2D eigenvalue weighted by atomic mass is 16.5. The van der Waals surface area contributed by atoms with E-state index in [2.05, 4.69) is 5.32 Å². The number of ether oxygens (including phenoxy) is 1. The fourth-order valence-corrected chi connectivity index (χ4v) is 3.81. The first-order chi connectivity index (χ1) is 7.88. The molecule has 2 heteroatoms. The lowest BCUT2D eigenvalue weighted by Crippen LogP contribution is -2.57. The molecule has 0 aromatic carbocycles. The molecule has 3 aliphatic rings. The molecule has 16 heavy (non-hydrogen) atoms. The minimum absolute atomic E-state index is 0.0753. The van der Waals surface area contributed by atoms with Gasteiger partial charge in [-0.2, -0.15) is 0 Å². The standard InChI is InChI=1S/C14H25NO/c1-2-4-9-14(10-5-3-1)15-11-12-7-6-8-13(12)16-14/h12-13,15H,1-11H2. The fraction of sp³-hybridized carbons (Fsp3) is 1.00. The van der Waals surface area contributed by atoms with Gasteiger partial charge in [0.05, 0.1) is 6.10 Å². The first-order valence-corrected chi connectivity index (χ1v) is 7.31. The molecule has 3 fully saturated rings. The van der Waals surface area contributed by atoms with E-state index in [4.69, 9.17) is 4.74 Å². The topological polar surface area (TPSA) is 21.3 Å². The molecule has 0 aromatic heterocycles. The second kappa shape index (κ2) is 4.66. The van der Waals surface area contributed by atoms with Crippen LogP contribution in [0.5, 0.6) is 0 Å². The van der Waals surface area contributed by atoms with Crippen molar-refractivity contribution in [2.75, 3.05) is 6.54 Å². The van der Waals surface area contributed by atoms with Gasteiger partial charge in [0.15, 0.2) is 0 Å². The van der Waals surface area contributed by atoms with Gasteiger partial charge in [0.1, 0.15) is 5.72 Å². The van der Waals surface area contributed by atoms with Gasteiger partial charge in [0, 0.05) is 6.54 Å². The monoisotopic (exact) mass is 223 g/mol. The maximum atomic E-state index is 6.46. The largest absolute Gasteiger partial charge is 0.357 e. The van der Waals surface area contributed by atoms with Crippen molar-refractivity contribution in [2.24, 2.45) is 5.92 Å². The highest BCUT2D eigenvalue weighted by Gasteiger charge is 2.42. The molecule has 1 aliphatic heterocycles. The van der Waals surface area contributed by atoms with Gasteiger partial charge in [-0.3, -0.25) is 5.32 Å². The van der Waals surface area contributed by atoms with E-state index >= 15 is 0 Å². The molecular weight excluding hydrogens is 198 g/mol. The highest BCUT2D eigenvalue weighted by Crippen LogP contribution is 2.38. The molecule has 2 aliphatic carbocycles. The summed E-state index contributed by atoms with van der Waals surface area (Å²) >= 11 is 0. The number of fused-ring (bicyclic) bond motifs is 1. The summed E-state index contributed by atoms with van der Waals surface area (Å²) in [5.41, 5.74) is 0.0753. The average Bonchev–Trinajstić information content (AvgIpc) is 2.71. The van der Waals surface area contributed by atoms with Crippen LogP contribution in [0.3, 0.4) is 0 Å². The summed E-state index contributed by atoms with van der Waals surface area (Å²) in [7, 11) is 0. The Balaban J connectivity index is 1.66. The number of hydrogen-bond acceptors (Lipinski definition) is 2. The zero-order chi connectivity index (χ0) is 10.8. The summed E-state index contributed by atoms with van der Waals surface area (Å²) in [6.07, 6.45) is 14.1. The van der Waals surface area contributed by atoms with E-state index in [0.717, 1.165) is 5.92 Å². The lowest BCUT2D eigenvalue weighted by molar-refractivity contribution is -0.167. The second-order valence-corrected chi connectivity index (χ2v) is 5.99. The Bertz CT molecular complexity index is 233. The SMILES string of the molecule is C1CCCC2(CCC1)NCC1CCCC1O2. The Morgan fingerprint density at radius 3 is 2.44 bits per heavy atom. The molecule has 92 valence electrons. The summed E-state index contributed by atoms with van der Waals surface area (Å²) in [4.78, 5) is 0. The molecule has 0 amide bonds. The van der Waals surface area contributed by atoms with Gasteiger partial charge >= 0.3 is 0 Å². The number of rotatable bonds is 0. The van der Waals surface area contributed by atoms with Crippen LogP contribution in [0.2, 0.25) is 0 Å². The summed E-state index contributed by atoms with van der Waals surface area (Å²) in [5.74, 6) is 0.816. The van der Waals surface area contributed by atoms with Gasteiger partial charge in [-0.25, -0.2) is 0 Å². The third-order valence-electron chi connectivity index (χ3n) is 4.81. The van der Waals surface area contributed by atoms with Crippen molar-refractivity contribution >= 4 is 0 Å². The van der Waals surface area contributed by atoms with E-state index < -0.39 is 0 Å². The van der Waals surface area contributed by atoms with Crippen LogP contribution in [-0.2, 0) is 4.74 Å². The van der Waals surface area contributed by atoms with E-state index in [9.17, 15) is 0 Å². The van der Waals surface area contributed by atoms with Crippen LogP contribution in [0.1, 0.15) is 64.2 Å². The summed E-state index contributed by atoms with van der Waals surface area (Å²) < 4.78 is 6.46. The molecule has 2 nitrogen and oxygen atoms in total. The van der Waals surface area contributed by atoms with Gasteiger partial charge in [0.25, 0.3) is 0 Å². The van der Waals surface area contributed by atoms with Crippen molar-refractivity contribution in [2.45, 2.75) is 76.0 Å². The van der Waals surface area contributed by atoms with Crippen LogP contribution in [0, 0.1) is 5.92 Å². The summed E-state index contributed by atoms with van der Waals surface area (Å²) in [6, 6.07) is 0. The zero-order valence-electron chi connectivity index (χ0n) is 10.3. The Hall–Kier alpha value is -0.0800. The van der Waals surface area contributed by atoms with E-state index in [1.54, 1.807) is 0 Å². The van der Waals surface area contributed by atoms with Crippen LogP contribution in [-0.4, -0.2) is 18.4 Å². The predicted octanol–water partition coefficient (Wildman–Crippen LogP) is 3.22. The van der Waals surface area contributed by atoms with Crippen molar-refractivity contribution in [1.29, 1.82) is 0 Å². The van der Waals surface area contributed by atoms with Crippen LogP contribution in [0.15, 0.2) is 0 Å². The van der Waals surface area contributed by atoms with Gasteiger partial charge in [-0.05, 0) is 44.4 Å². The van der Waals surface area contributed by atoms with Crippen molar-refractivity contribution < 1.29 is 4.74 Å². The van der Waals surface area contributed by atoms with Crippen molar-refractivity contribution in [3.63, 3.8) is 0 Å². The molecule has 0 aromatic rings. The Morgan fingerprint density at radius 1 is 0.875 bits per heavy atom. The smallest absolute Gasteiger partial charge is 0.119 e. The maximum Gasteiger partial charge on any atom is 0.119 e. The molecular formula is C14H25NO. The average molecular weight is 223 g/mol. The van der Waals surface area contributed by atoms with Gasteiger partial charge in [0.2, 0.25) is 0 Å². The van der Waals surface area contributed by atoms with Crippen LogP contribution in [0.25, 0.3) is 0 Å². The molecule has 1 heterocycles. The lowest BCUT2D eigenvalue weighted by Gasteiger charge is -2.45. The molecule has 0 bridgehead atoms. The minimum atomic E-state index is 0.0753. The molecule has 1 N–H and O–H groups in total. The first-order valence-electron chi connectivity index (χ1n) is 7.31. The summed E-state index contributed by atoms with van der Waals surface area (Å²) in [5, 5.41) is 3.75. The number of nitrogens with one attached hydrogen (secondary N) is 1. The second-order valence-electron chi connectivity index (χ2n) is 5.99. The van der Waals surface area contributed by atoms with Crippen molar-refractivity contribution in [3.05, 3.63) is 0 Å². The third-order valence-corrected chi connectivity index (χ3v) is 4.81. The van der Waals surface area contributed by atoms with E-state index in [-0.39, 0.29) is 5.72 Å². The van der Waals surface area contributed by atoms with Gasteiger partial charge in [-0.15, -0.1) is 0 Å². The fourth-order valence-electron chi connectivity index (χ4n) is 3.81.